The average molecular weight is 296 g/mol. The van der Waals surface area contributed by atoms with Crippen LogP contribution >= 0.6 is 0 Å². The zero-order chi connectivity index (χ0) is 15.2. The molecule has 0 aromatic rings. The van der Waals surface area contributed by atoms with Gasteiger partial charge in [0, 0.05) is 32.1 Å². The number of carbonyl (C=O) groups is 1. The number of piperidine rings is 1. The Hall–Kier alpha value is -0.610. The van der Waals surface area contributed by atoms with E-state index in [4.69, 9.17) is 5.11 Å². The van der Waals surface area contributed by atoms with Crippen LogP contribution in [0.4, 0.5) is 0 Å². The van der Waals surface area contributed by atoms with E-state index in [0.717, 1.165) is 44.9 Å². The first-order valence-electron chi connectivity index (χ1n) is 8.70. The van der Waals surface area contributed by atoms with Crippen molar-refractivity contribution in [2.45, 2.75) is 58.4 Å². The lowest BCUT2D eigenvalue weighted by atomic mass is 9.84. The summed E-state index contributed by atoms with van der Waals surface area (Å²) in [6.45, 7) is 9.02. The summed E-state index contributed by atoms with van der Waals surface area (Å²) >= 11 is 0. The summed E-state index contributed by atoms with van der Waals surface area (Å²) in [5.41, 5.74) is 0. The SMILES string of the molecule is CC(C)CN1CC(CCC(=O)O)CC(NCC2CCC2)C1. The van der Waals surface area contributed by atoms with E-state index in [1.165, 1.54) is 19.3 Å². The second-order valence-corrected chi connectivity index (χ2v) is 7.55. The highest BCUT2D eigenvalue weighted by Crippen LogP contribution is 2.27. The summed E-state index contributed by atoms with van der Waals surface area (Å²) in [4.78, 5) is 13.4. The van der Waals surface area contributed by atoms with E-state index in [0.29, 0.717) is 24.3 Å². The minimum Gasteiger partial charge on any atom is -0.481 e. The maximum atomic E-state index is 10.8. The molecule has 1 heterocycles. The fraction of sp³-hybridized carbons (Fsp3) is 0.941. The molecule has 2 fully saturated rings. The highest BCUT2D eigenvalue weighted by molar-refractivity contribution is 5.66. The Morgan fingerprint density at radius 1 is 1.29 bits per heavy atom. The topological polar surface area (TPSA) is 52.6 Å². The van der Waals surface area contributed by atoms with Gasteiger partial charge in [0.05, 0.1) is 0 Å². The van der Waals surface area contributed by atoms with Crippen LogP contribution in [-0.4, -0.2) is 48.2 Å². The minimum absolute atomic E-state index is 0.315. The second-order valence-electron chi connectivity index (χ2n) is 7.55. The maximum Gasteiger partial charge on any atom is 0.303 e. The Morgan fingerprint density at radius 3 is 2.62 bits per heavy atom. The molecule has 4 heteroatoms. The molecule has 2 rings (SSSR count). The van der Waals surface area contributed by atoms with Gasteiger partial charge in [-0.1, -0.05) is 20.3 Å². The van der Waals surface area contributed by atoms with Crippen molar-refractivity contribution in [3.63, 3.8) is 0 Å². The lowest BCUT2D eigenvalue weighted by Gasteiger charge is -2.40. The summed E-state index contributed by atoms with van der Waals surface area (Å²) in [6.07, 6.45) is 6.46. The summed E-state index contributed by atoms with van der Waals surface area (Å²) in [7, 11) is 0. The average Bonchev–Trinajstić information content (AvgIpc) is 2.33. The molecule has 2 atom stereocenters. The van der Waals surface area contributed by atoms with Gasteiger partial charge < -0.3 is 15.3 Å². The van der Waals surface area contributed by atoms with Crippen LogP contribution in [-0.2, 0) is 4.79 Å². The van der Waals surface area contributed by atoms with Crippen molar-refractivity contribution >= 4 is 5.97 Å². The van der Waals surface area contributed by atoms with E-state index in [-0.39, 0.29) is 0 Å². The molecule has 0 radical (unpaired) electrons. The van der Waals surface area contributed by atoms with E-state index in [2.05, 4.69) is 24.1 Å². The predicted octanol–water partition coefficient (Wildman–Crippen LogP) is 2.59. The number of hydrogen-bond acceptors (Lipinski definition) is 3. The molecule has 21 heavy (non-hydrogen) atoms. The van der Waals surface area contributed by atoms with Gasteiger partial charge in [-0.15, -0.1) is 0 Å². The van der Waals surface area contributed by atoms with Gasteiger partial charge in [0.1, 0.15) is 0 Å². The van der Waals surface area contributed by atoms with E-state index in [1.807, 2.05) is 0 Å². The maximum absolute atomic E-state index is 10.8. The molecule has 0 aromatic carbocycles. The fourth-order valence-electron chi connectivity index (χ4n) is 3.68. The molecular weight excluding hydrogens is 264 g/mol. The molecule has 0 bridgehead atoms. The van der Waals surface area contributed by atoms with Gasteiger partial charge in [0.2, 0.25) is 0 Å². The van der Waals surface area contributed by atoms with Crippen LogP contribution in [0.25, 0.3) is 0 Å². The lowest BCUT2D eigenvalue weighted by molar-refractivity contribution is -0.137. The Kier molecular flexibility index (Phi) is 6.49. The van der Waals surface area contributed by atoms with Crippen LogP contribution < -0.4 is 5.32 Å². The second kappa shape index (κ2) is 8.14. The molecule has 0 spiro atoms. The van der Waals surface area contributed by atoms with Crippen molar-refractivity contribution in [2.75, 3.05) is 26.2 Å². The highest BCUT2D eigenvalue weighted by Gasteiger charge is 2.28. The normalized spacial score (nSPS) is 27.8. The van der Waals surface area contributed by atoms with Crippen molar-refractivity contribution < 1.29 is 9.90 Å². The van der Waals surface area contributed by atoms with Crippen molar-refractivity contribution in [2.24, 2.45) is 17.8 Å². The van der Waals surface area contributed by atoms with Gasteiger partial charge in [0.25, 0.3) is 0 Å². The standard InChI is InChI=1S/C17H32N2O2/c1-13(2)10-19-11-15(6-7-17(20)21)8-16(12-19)18-9-14-4-3-5-14/h13-16,18H,3-12H2,1-2H3,(H,20,21). The highest BCUT2D eigenvalue weighted by atomic mass is 16.4. The molecular formula is C17H32N2O2. The number of likely N-dealkylation sites (tertiary alicyclic amines) is 1. The molecule has 1 saturated heterocycles. The zero-order valence-electron chi connectivity index (χ0n) is 13.7. The third kappa shape index (κ3) is 5.95. The van der Waals surface area contributed by atoms with Crippen molar-refractivity contribution in [3.8, 4) is 0 Å². The number of carboxylic acids is 1. The van der Waals surface area contributed by atoms with Crippen LogP contribution in [0.5, 0.6) is 0 Å². The molecule has 2 unspecified atom stereocenters. The Balaban J connectivity index is 1.80. The molecule has 122 valence electrons. The molecule has 0 amide bonds. The predicted molar refractivity (Wildman–Crippen MR) is 85.4 cm³/mol. The van der Waals surface area contributed by atoms with Crippen LogP contribution in [0.2, 0.25) is 0 Å². The smallest absolute Gasteiger partial charge is 0.303 e. The van der Waals surface area contributed by atoms with Crippen LogP contribution in [0, 0.1) is 17.8 Å². The number of nitrogens with one attached hydrogen (secondary N) is 1. The Labute approximate surface area is 129 Å². The van der Waals surface area contributed by atoms with Crippen LogP contribution in [0.3, 0.4) is 0 Å². The lowest BCUT2D eigenvalue weighted by Crippen LogP contribution is -2.51. The molecule has 1 aliphatic heterocycles. The van der Waals surface area contributed by atoms with Gasteiger partial charge >= 0.3 is 5.97 Å². The van der Waals surface area contributed by atoms with Crippen molar-refractivity contribution in [1.29, 1.82) is 0 Å². The molecule has 0 aromatic heterocycles. The number of carboxylic acid groups (broad SMARTS) is 1. The summed E-state index contributed by atoms with van der Waals surface area (Å²) < 4.78 is 0. The third-order valence-electron chi connectivity index (χ3n) is 4.92. The zero-order valence-corrected chi connectivity index (χ0v) is 13.7. The first-order chi connectivity index (χ1) is 10.0. The van der Waals surface area contributed by atoms with Gasteiger partial charge in [-0.05, 0) is 50.0 Å². The third-order valence-corrected chi connectivity index (χ3v) is 4.92. The molecule has 4 nitrogen and oxygen atoms in total. The number of rotatable bonds is 8. The molecule has 1 aliphatic carbocycles. The molecule has 2 aliphatic rings. The fourth-order valence-corrected chi connectivity index (χ4v) is 3.68. The summed E-state index contributed by atoms with van der Waals surface area (Å²) in [6, 6.07) is 0.553. The first-order valence-corrected chi connectivity index (χ1v) is 8.70. The largest absolute Gasteiger partial charge is 0.481 e. The van der Waals surface area contributed by atoms with E-state index < -0.39 is 5.97 Å². The van der Waals surface area contributed by atoms with E-state index in [1.54, 1.807) is 0 Å². The van der Waals surface area contributed by atoms with Gasteiger partial charge in [-0.3, -0.25) is 4.79 Å². The van der Waals surface area contributed by atoms with Crippen LogP contribution in [0.15, 0.2) is 0 Å². The Morgan fingerprint density at radius 2 is 2.05 bits per heavy atom. The molecule has 1 saturated carbocycles. The first kappa shape index (κ1) is 16.8. The van der Waals surface area contributed by atoms with E-state index in [9.17, 15) is 4.79 Å². The van der Waals surface area contributed by atoms with Crippen LogP contribution in [0.1, 0.15) is 52.4 Å². The van der Waals surface area contributed by atoms with E-state index >= 15 is 0 Å². The number of nitrogens with zero attached hydrogens (tertiary/aromatic N) is 1. The number of aliphatic carboxylic acids is 1. The van der Waals surface area contributed by atoms with Crippen molar-refractivity contribution in [1.82, 2.24) is 10.2 Å². The van der Waals surface area contributed by atoms with Gasteiger partial charge in [-0.2, -0.15) is 0 Å². The Bertz CT molecular complexity index is 329. The monoisotopic (exact) mass is 296 g/mol. The number of hydrogen-bond donors (Lipinski definition) is 2. The van der Waals surface area contributed by atoms with Gasteiger partial charge in [0.15, 0.2) is 0 Å². The minimum atomic E-state index is -0.657. The van der Waals surface area contributed by atoms with Gasteiger partial charge in [-0.25, -0.2) is 0 Å². The molecule has 2 N–H and O–H groups in total. The quantitative estimate of drug-likeness (QED) is 0.723. The van der Waals surface area contributed by atoms with Crippen molar-refractivity contribution in [3.05, 3.63) is 0 Å². The summed E-state index contributed by atoms with van der Waals surface area (Å²) in [5, 5.41) is 12.7. The summed E-state index contributed by atoms with van der Waals surface area (Å²) in [5.74, 6) is 1.45.